The van der Waals surface area contributed by atoms with Gasteiger partial charge >= 0.3 is 0 Å². The van der Waals surface area contributed by atoms with Gasteiger partial charge < -0.3 is 10.6 Å². The zero-order chi connectivity index (χ0) is 15.4. The average Bonchev–Trinajstić information content (AvgIpc) is 3.19. The third-order valence-electron chi connectivity index (χ3n) is 3.78. The molecule has 0 spiro atoms. The molecule has 1 atom stereocenters. The van der Waals surface area contributed by atoms with E-state index in [-0.39, 0.29) is 5.91 Å². The van der Waals surface area contributed by atoms with Crippen LogP contribution in [0.5, 0.6) is 0 Å². The fourth-order valence-electron chi connectivity index (χ4n) is 2.63. The van der Waals surface area contributed by atoms with E-state index in [1.165, 1.54) is 29.8 Å². The molecular formula is C15H18FN5O. The number of hydrogen-bond acceptors (Lipinski definition) is 4. The molecule has 1 saturated heterocycles. The molecule has 2 heterocycles. The zero-order valence-corrected chi connectivity index (χ0v) is 12.1. The van der Waals surface area contributed by atoms with E-state index >= 15 is 0 Å². The number of nitrogens with one attached hydrogen (secondary N) is 2. The lowest BCUT2D eigenvalue weighted by Gasteiger charge is -2.11. The largest absolute Gasteiger partial charge is 0.326 e. The molecule has 2 N–H and O–H groups in total. The summed E-state index contributed by atoms with van der Waals surface area (Å²) < 4.78 is 15.4. The van der Waals surface area contributed by atoms with E-state index < -0.39 is 5.82 Å². The first-order valence-electron chi connectivity index (χ1n) is 7.40. The highest BCUT2D eigenvalue weighted by Gasteiger charge is 2.15. The quantitative estimate of drug-likeness (QED) is 0.884. The minimum Gasteiger partial charge on any atom is -0.326 e. The second kappa shape index (κ2) is 6.65. The topological polar surface area (TPSA) is 71.8 Å². The van der Waals surface area contributed by atoms with Crippen molar-refractivity contribution in [3.05, 3.63) is 36.7 Å². The highest BCUT2D eigenvalue weighted by Crippen LogP contribution is 2.18. The molecule has 1 fully saturated rings. The third-order valence-corrected chi connectivity index (χ3v) is 3.78. The molecule has 1 aromatic heterocycles. The van der Waals surface area contributed by atoms with Crippen molar-refractivity contribution in [2.24, 2.45) is 0 Å². The van der Waals surface area contributed by atoms with E-state index in [4.69, 9.17) is 0 Å². The standard InChI is InChI=1S/C15H18FN5O/c16-13-8-12(3-5-14(13)21-10-17-9-19-21)20-15(22)6-4-11-2-1-7-18-11/h3,5,8-11,18H,1-2,4,6-7H2,(H,20,22). The molecule has 1 unspecified atom stereocenters. The van der Waals surface area contributed by atoms with Crippen molar-refractivity contribution in [2.45, 2.75) is 31.7 Å². The number of carbonyl (C=O) groups excluding carboxylic acids is 1. The minimum atomic E-state index is -0.458. The second-order valence-electron chi connectivity index (χ2n) is 5.39. The van der Waals surface area contributed by atoms with Gasteiger partial charge in [-0.05, 0) is 44.0 Å². The van der Waals surface area contributed by atoms with Crippen molar-refractivity contribution >= 4 is 11.6 Å². The molecule has 1 aromatic carbocycles. The molecule has 0 saturated carbocycles. The number of amides is 1. The van der Waals surface area contributed by atoms with Crippen molar-refractivity contribution in [1.82, 2.24) is 20.1 Å². The van der Waals surface area contributed by atoms with Crippen LogP contribution in [0, 0.1) is 5.82 Å². The summed E-state index contributed by atoms with van der Waals surface area (Å²) in [4.78, 5) is 15.7. The highest BCUT2D eigenvalue weighted by atomic mass is 19.1. The van der Waals surface area contributed by atoms with Gasteiger partial charge in [0.1, 0.15) is 18.3 Å². The Labute approximate surface area is 127 Å². The van der Waals surface area contributed by atoms with Crippen LogP contribution in [0.2, 0.25) is 0 Å². The second-order valence-corrected chi connectivity index (χ2v) is 5.39. The number of carbonyl (C=O) groups is 1. The maximum Gasteiger partial charge on any atom is 0.224 e. The zero-order valence-electron chi connectivity index (χ0n) is 12.1. The molecule has 1 amide bonds. The Morgan fingerprint density at radius 1 is 1.50 bits per heavy atom. The lowest BCUT2D eigenvalue weighted by Crippen LogP contribution is -2.23. The van der Waals surface area contributed by atoms with Crippen LogP contribution in [0.1, 0.15) is 25.7 Å². The van der Waals surface area contributed by atoms with Gasteiger partial charge in [0.15, 0.2) is 5.82 Å². The van der Waals surface area contributed by atoms with Crippen molar-refractivity contribution < 1.29 is 9.18 Å². The van der Waals surface area contributed by atoms with Crippen LogP contribution in [0.4, 0.5) is 10.1 Å². The van der Waals surface area contributed by atoms with Gasteiger partial charge in [0.05, 0.1) is 0 Å². The first kappa shape index (κ1) is 14.6. The van der Waals surface area contributed by atoms with Crippen LogP contribution in [0.3, 0.4) is 0 Å². The molecule has 2 aromatic rings. The van der Waals surface area contributed by atoms with Crippen molar-refractivity contribution in [3.8, 4) is 5.69 Å². The maximum atomic E-state index is 14.0. The van der Waals surface area contributed by atoms with Gasteiger partial charge in [0.2, 0.25) is 5.91 Å². The van der Waals surface area contributed by atoms with Gasteiger partial charge in [0, 0.05) is 18.2 Å². The summed E-state index contributed by atoms with van der Waals surface area (Å²) in [5, 5.41) is 9.96. The molecule has 1 aliphatic heterocycles. The van der Waals surface area contributed by atoms with Gasteiger partial charge in [-0.15, -0.1) is 0 Å². The molecular weight excluding hydrogens is 285 g/mol. The summed E-state index contributed by atoms with van der Waals surface area (Å²) >= 11 is 0. The van der Waals surface area contributed by atoms with Gasteiger partial charge in [-0.3, -0.25) is 4.79 Å². The smallest absolute Gasteiger partial charge is 0.224 e. The Kier molecular flexibility index (Phi) is 4.43. The summed E-state index contributed by atoms with van der Waals surface area (Å²) in [6, 6.07) is 4.95. The first-order chi connectivity index (χ1) is 10.7. The van der Waals surface area contributed by atoms with Crippen LogP contribution in [-0.2, 0) is 4.79 Å². The molecule has 3 rings (SSSR count). The number of anilines is 1. The first-order valence-corrected chi connectivity index (χ1v) is 7.40. The maximum absolute atomic E-state index is 14.0. The number of hydrogen-bond donors (Lipinski definition) is 2. The normalized spacial score (nSPS) is 17.6. The predicted molar refractivity (Wildman–Crippen MR) is 80.2 cm³/mol. The number of nitrogens with zero attached hydrogens (tertiary/aromatic N) is 3. The van der Waals surface area contributed by atoms with E-state index in [1.54, 1.807) is 12.1 Å². The minimum absolute atomic E-state index is 0.0957. The van der Waals surface area contributed by atoms with E-state index in [2.05, 4.69) is 20.7 Å². The van der Waals surface area contributed by atoms with Crippen molar-refractivity contribution in [2.75, 3.05) is 11.9 Å². The highest BCUT2D eigenvalue weighted by molar-refractivity contribution is 5.90. The van der Waals surface area contributed by atoms with Gasteiger partial charge in [0.25, 0.3) is 0 Å². The van der Waals surface area contributed by atoms with Gasteiger partial charge in [-0.25, -0.2) is 14.1 Å². The van der Waals surface area contributed by atoms with E-state index in [0.717, 1.165) is 19.4 Å². The number of halogens is 1. The molecule has 0 aliphatic carbocycles. The van der Waals surface area contributed by atoms with Crippen molar-refractivity contribution in [1.29, 1.82) is 0 Å². The Balaban J connectivity index is 1.58. The average molecular weight is 303 g/mol. The summed E-state index contributed by atoms with van der Waals surface area (Å²) in [7, 11) is 0. The van der Waals surface area contributed by atoms with E-state index in [1.807, 2.05) is 0 Å². The Hall–Kier alpha value is -2.28. The Morgan fingerprint density at radius 3 is 3.09 bits per heavy atom. The Bertz CT molecular complexity index is 637. The molecule has 22 heavy (non-hydrogen) atoms. The van der Waals surface area contributed by atoms with E-state index in [0.29, 0.717) is 23.8 Å². The van der Waals surface area contributed by atoms with Crippen molar-refractivity contribution in [3.63, 3.8) is 0 Å². The van der Waals surface area contributed by atoms with Crippen LogP contribution in [-0.4, -0.2) is 33.3 Å². The van der Waals surface area contributed by atoms with Gasteiger partial charge in [-0.2, -0.15) is 5.10 Å². The lowest BCUT2D eigenvalue weighted by atomic mass is 10.1. The number of aromatic nitrogens is 3. The number of benzene rings is 1. The van der Waals surface area contributed by atoms with Crippen LogP contribution < -0.4 is 10.6 Å². The van der Waals surface area contributed by atoms with E-state index in [9.17, 15) is 9.18 Å². The number of rotatable bonds is 5. The molecule has 7 heteroatoms. The Morgan fingerprint density at radius 2 is 2.41 bits per heavy atom. The summed E-state index contributed by atoms with van der Waals surface area (Å²) in [6.07, 6.45) is 6.29. The third kappa shape index (κ3) is 3.48. The summed E-state index contributed by atoms with van der Waals surface area (Å²) in [5.74, 6) is -0.553. The van der Waals surface area contributed by atoms with Crippen LogP contribution >= 0.6 is 0 Å². The lowest BCUT2D eigenvalue weighted by molar-refractivity contribution is -0.116. The van der Waals surface area contributed by atoms with Crippen LogP contribution in [0.25, 0.3) is 5.69 Å². The predicted octanol–water partition coefficient (Wildman–Crippen LogP) is 1.88. The summed E-state index contributed by atoms with van der Waals surface area (Å²) in [5.41, 5.74) is 0.747. The monoisotopic (exact) mass is 303 g/mol. The molecule has 0 bridgehead atoms. The van der Waals surface area contributed by atoms with Gasteiger partial charge in [-0.1, -0.05) is 0 Å². The SMILES string of the molecule is O=C(CCC1CCCN1)Nc1ccc(-n2cncn2)c(F)c1. The molecule has 0 radical (unpaired) electrons. The summed E-state index contributed by atoms with van der Waals surface area (Å²) in [6.45, 7) is 1.03. The molecule has 6 nitrogen and oxygen atoms in total. The molecule has 1 aliphatic rings. The molecule has 116 valence electrons. The van der Waals surface area contributed by atoms with Crippen LogP contribution in [0.15, 0.2) is 30.9 Å². The fraction of sp³-hybridized carbons (Fsp3) is 0.400. The fourth-order valence-corrected chi connectivity index (χ4v) is 2.63.